The Morgan fingerprint density at radius 2 is 1.73 bits per heavy atom. The maximum atomic E-state index is 15.2. The van der Waals surface area contributed by atoms with E-state index in [1.807, 2.05) is 13.8 Å². The van der Waals surface area contributed by atoms with E-state index in [2.05, 4.69) is 5.32 Å². The molecule has 0 unspecified atom stereocenters. The second-order valence-electron chi connectivity index (χ2n) is 12.3. The predicted molar refractivity (Wildman–Crippen MR) is 176 cm³/mol. The molecule has 12 nitrogen and oxygen atoms in total. The Bertz CT molecular complexity index is 1740. The van der Waals surface area contributed by atoms with Crippen molar-refractivity contribution >= 4 is 23.6 Å². The van der Waals surface area contributed by atoms with Crippen LogP contribution < -0.4 is 29.0 Å². The van der Waals surface area contributed by atoms with Crippen LogP contribution in [0.25, 0.3) is 0 Å². The number of Topliss-reactive ketones (excluding diaryl/α,β-unsaturated/α-hetero) is 1. The van der Waals surface area contributed by atoms with Crippen LogP contribution in [-0.2, 0) is 24.7 Å². The quantitative estimate of drug-likeness (QED) is 0.254. The fraction of sp³-hybridized carbons (Fsp3) is 0.405. The van der Waals surface area contributed by atoms with Crippen LogP contribution in [0.3, 0.4) is 0 Å². The zero-order valence-electron chi connectivity index (χ0n) is 28.1. The van der Waals surface area contributed by atoms with E-state index in [1.54, 1.807) is 54.6 Å². The van der Waals surface area contributed by atoms with Crippen LogP contribution >= 0.6 is 0 Å². The molecular weight excluding hydrogens is 632 g/mol. The normalized spacial score (nSPS) is 23.1. The average Bonchev–Trinajstić information content (AvgIpc) is 3.78. The highest BCUT2D eigenvalue weighted by Gasteiger charge is 2.62. The van der Waals surface area contributed by atoms with Crippen LogP contribution in [0.15, 0.2) is 60.7 Å². The molecule has 0 aliphatic carbocycles. The molecule has 0 spiro atoms. The van der Waals surface area contributed by atoms with E-state index in [1.165, 1.54) is 32.3 Å². The summed E-state index contributed by atoms with van der Waals surface area (Å²) in [6, 6.07) is 16.9. The Labute approximate surface area is 284 Å². The van der Waals surface area contributed by atoms with E-state index < -0.39 is 41.3 Å². The van der Waals surface area contributed by atoms with Gasteiger partial charge < -0.3 is 38.6 Å². The highest BCUT2D eigenvalue weighted by Crippen LogP contribution is 2.56. The molecule has 1 saturated heterocycles. The van der Waals surface area contributed by atoms with Gasteiger partial charge in [-0.3, -0.25) is 14.4 Å². The van der Waals surface area contributed by atoms with Gasteiger partial charge in [-0.25, -0.2) is 4.79 Å². The zero-order chi connectivity index (χ0) is 34.9. The first-order valence-corrected chi connectivity index (χ1v) is 16.3. The van der Waals surface area contributed by atoms with Gasteiger partial charge in [0.25, 0.3) is 0 Å². The van der Waals surface area contributed by atoms with Gasteiger partial charge in [-0.2, -0.15) is 0 Å². The van der Waals surface area contributed by atoms with Gasteiger partial charge in [0.15, 0.2) is 17.3 Å². The van der Waals surface area contributed by atoms with Gasteiger partial charge in [0.1, 0.15) is 29.1 Å². The van der Waals surface area contributed by atoms with Gasteiger partial charge >= 0.3 is 5.97 Å². The van der Waals surface area contributed by atoms with Gasteiger partial charge in [0.05, 0.1) is 27.2 Å². The van der Waals surface area contributed by atoms with E-state index in [4.69, 9.17) is 28.4 Å². The maximum Gasteiger partial charge on any atom is 0.355 e. The molecule has 6 rings (SSSR count). The molecule has 3 aromatic carbocycles. The number of likely N-dealkylation sites (tertiary alicyclic amines) is 1. The van der Waals surface area contributed by atoms with E-state index >= 15 is 9.59 Å². The van der Waals surface area contributed by atoms with Crippen molar-refractivity contribution in [3.05, 3.63) is 77.4 Å². The maximum absolute atomic E-state index is 15.2. The molecule has 0 radical (unpaired) electrons. The lowest BCUT2D eigenvalue weighted by Gasteiger charge is -2.41. The molecule has 1 fully saturated rings. The summed E-state index contributed by atoms with van der Waals surface area (Å²) >= 11 is 0. The molecule has 0 aromatic heterocycles. The zero-order valence-corrected chi connectivity index (χ0v) is 28.1. The number of carbonyl (C=O) groups is 4. The van der Waals surface area contributed by atoms with Crippen molar-refractivity contribution in [1.29, 1.82) is 0 Å². The topological polar surface area (TPSA) is 139 Å². The third kappa shape index (κ3) is 5.68. The molecule has 0 bridgehead atoms. The minimum absolute atomic E-state index is 0.0121. The monoisotopic (exact) mass is 672 g/mol. The van der Waals surface area contributed by atoms with Crippen LogP contribution in [0.2, 0.25) is 0 Å². The number of hydrogen-bond acceptors (Lipinski definition) is 10. The third-order valence-corrected chi connectivity index (χ3v) is 9.70. The van der Waals surface area contributed by atoms with Crippen molar-refractivity contribution in [3.63, 3.8) is 0 Å². The molecule has 49 heavy (non-hydrogen) atoms. The van der Waals surface area contributed by atoms with Crippen molar-refractivity contribution in [2.75, 3.05) is 34.7 Å². The number of nitrogens with one attached hydrogen (secondary N) is 1. The van der Waals surface area contributed by atoms with Gasteiger partial charge in [-0.15, -0.1) is 0 Å². The van der Waals surface area contributed by atoms with Crippen molar-refractivity contribution < 1.29 is 47.6 Å². The largest absolute Gasteiger partial charge is 0.497 e. The molecule has 2 amide bonds. The Morgan fingerprint density at radius 1 is 1.00 bits per heavy atom. The number of hydrogen-bond donors (Lipinski definition) is 1. The number of nitrogens with zero attached hydrogens (tertiary/aromatic N) is 1. The summed E-state index contributed by atoms with van der Waals surface area (Å²) in [5.74, 6) is -4.47. The van der Waals surface area contributed by atoms with Crippen molar-refractivity contribution in [3.8, 4) is 28.7 Å². The summed E-state index contributed by atoms with van der Waals surface area (Å²) in [5.41, 5.74) is -1.39. The van der Waals surface area contributed by atoms with Crippen LogP contribution in [0.5, 0.6) is 28.7 Å². The Kier molecular flexibility index (Phi) is 9.40. The standard InChI is InChI=1S/C37H40N2O10/c1-6-21(2)34(41)38-27-13-10-18-39(27)35(42)29-30(22-11-8-7-9-12-22)37(36(43)46-5,23-14-16-24(44-3)17-15-23)49-25-19-26-32(48-20-47-26)33(45-4)28(25)31(29)40/h7-9,11-12,14-17,19,21,27,29-30H,6,10,13,18,20H2,1-5H3,(H,38,41)/t21-,27+,29-,30-,37+/m1/s1. The van der Waals surface area contributed by atoms with E-state index in [-0.39, 0.29) is 53.7 Å². The van der Waals surface area contributed by atoms with Gasteiger partial charge in [-0.05, 0) is 37.0 Å². The fourth-order valence-electron chi connectivity index (χ4n) is 6.99. The second kappa shape index (κ2) is 13.7. The summed E-state index contributed by atoms with van der Waals surface area (Å²) in [4.78, 5) is 59.5. The molecule has 3 aliphatic heterocycles. The molecule has 3 aromatic rings. The molecule has 258 valence electrons. The van der Waals surface area contributed by atoms with Gasteiger partial charge in [0.2, 0.25) is 30.0 Å². The number of methoxy groups -OCH3 is 3. The molecule has 12 heteroatoms. The smallest absolute Gasteiger partial charge is 0.355 e. The highest BCUT2D eigenvalue weighted by atomic mass is 16.7. The van der Waals surface area contributed by atoms with Crippen LogP contribution in [0.1, 0.15) is 60.5 Å². The summed E-state index contributed by atoms with van der Waals surface area (Å²) < 4.78 is 34.9. The van der Waals surface area contributed by atoms with E-state index in [0.29, 0.717) is 36.1 Å². The van der Waals surface area contributed by atoms with Crippen molar-refractivity contribution in [1.82, 2.24) is 10.2 Å². The molecule has 0 saturated carbocycles. The lowest BCUT2D eigenvalue weighted by atomic mass is 9.68. The lowest BCUT2D eigenvalue weighted by Crippen LogP contribution is -2.56. The highest BCUT2D eigenvalue weighted by molar-refractivity contribution is 6.15. The Balaban J connectivity index is 1.64. The number of ketones is 1. The summed E-state index contributed by atoms with van der Waals surface area (Å²) in [6.07, 6.45) is 1.07. The second-order valence-corrected chi connectivity index (χ2v) is 12.3. The molecule has 3 aliphatic rings. The number of carbonyl (C=O) groups excluding carboxylic acids is 4. The number of ether oxygens (including phenoxy) is 6. The van der Waals surface area contributed by atoms with Gasteiger partial charge in [0, 0.05) is 24.1 Å². The van der Waals surface area contributed by atoms with Crippen molar-refractivity contribution in [2.24, 2.45) is 11.8 Å². The Morgan fingerprint density at radius 3 is 2.39 bits per heavy atom. The molecule has 5 atom stereocenters. The number of rotatable bonds is 9. The van der Waals surface area contributed by atoms with Crippen LogP contribution in [0.4, 0.5) is 0 Å². The SMILES string of the molecule is CC[C@@H](C)C(=O)N[C@@H]1CCCN1C(=O)[C@H]1C(=O)c2c(cc3c(c2OC)OCO3)O[C@@](C(=O)OC)(c2ccc(OC)cc2)[C@@H]1c1ccccc1. The minimum Gasteiger partial charge on any atom is -0.497 e. The van der Waals surface area contributed by atoms with Crippen molar-refractivity contribution in [2.45, 2.75) is 50.8 Å². The van der Waals surface area contributed by atoms with Crippen LogP contribution in [0, 0.1) is 11.8 Å². The predicted octanol–water partition coefficient (Wildman–Crippen LogP) is 4.59. The first-order valence-electron chi connectivity index (χ1n) is 16.3. The number of benzene rings is 3. The summed E-state index contributed by atoms with van der Waals surface area (Å²) in [7, 11) is 4.12. The number of amides is 2. The summed E-state index contributed by atoms with van der Waals surface area (Å²) in [6.45, 7) is 3.89. The summed E-state index contributed by atoms with van der Waals surface area (Å²) in [5, 5.41) is 3.02. The average molecular weight is 673 g/mol. The molecule has 1 N–H and O–H groups in total. The fourth-order valence-corrected chi connectivity index (χ4v) is 6.99. The first kappa shape index (κ1) is 33.6. The Hall–Kier alpha value is -5.26. The molecule has 3 heterocycles. The van der Waals surface area contributed by atoms with E-state index in [0.717, 1.165) is 0 Å². The lowest BCUT2D eigenvalue weighted by molar-refractivity contribution is -0.165. The van der Waals surface area contributed by atoms with Gasteiger partial charge in [-0.1, -0.05) is 56.3 Å². The third-order valence-electron chi connectivity index (χ3n) is 9.70. The number of fused-ring (bicyclic) bond motifs is 2. The minimum atomic E-state index is -2.10. The molecular formula is C37H40N2O10. The van der Waals surface area contributed by atoms with Crippen LogP contribution in [-0.4, -0.2) is 69.3 Å². The van der Waals surface area contributed by atoms with E-state index in [9.17, 15) is 9.59 Å². The number of esters is 1. The first-order chi connectivity index (χ1) is 23.7.